The number of aryl methyl sites for hydroxylation is 1. The maximum absolute atomic E-state index is 13.1. The lowest BCUT2D eigenvalue weighted by molar-refractivity contribution is 0.0777. The summed E-state index contributed by atoms with van der Waals surface area (Å²) in [5, 5.41) is 0.626. The summed E-state index contributed by atoms with van der Waals surface area (Å²) in [6.07, 6.45) is 6.28. The summed E-state index contributed by atoms with van der Waals surface area (Å²) in [5.41, 5.74) is 0.795. The van der Waals surface area contributed by atoms with Gasteiger partial charge in [-0.1, -0.05) is 19.8 Å². The summed E-state index contributed by atoms with van der Waals surface area (Å²) >= 11 is 1.35. The molecule has 1 aliphatic carbocycles. The van der Waals surface area contributed by atoms with Gasteiger partial charge in [0.1, 0.15) is 4.83 Å². The fourth-order valence-corrected chi connectivity index (χ4v) is 5.05. The third kappa shape index (κ3) is 3.12. The van der Waals surface area contributed by atoms with Crippen LogP contribution in [0.3, 0.4) is 0 Å². The first-order valence-electron chi connectivity index (χ1n) is 9.29. The Hall–Kier alpha value is -1.69. The number of thiophene rings is 1. The van der Waals surface area contributed by atoms with Crippen molar-refractivity contribution < 1.29 is 4.79 Å². The molecule has 136 valence electrons. The van der Waals surface area contributed by atoms with Crippen molar-refractivity contribution in [1.29, 1.82) is 0 Å². The van der Waals surface area contributed by atoms with Gasteiger partial charge in [0.2, 0.25) is 0 Å². The number of hydrogen-bond donors (Lipinski definition) is 0. The number of amides is 1. The molecule has 5 nitrogen and oxygen atoms in total. The predicted octanol–water partition coefficient (Wildman–Crippen LogP) is 4.00. The van der Waals surface area contributed by atoms with Gasteiger partial charge in [0.25, 0.3) is 11.5 Å². The van der Waals surface area contributed by atoms with Crippen molar-refractivity contribution in [3.05, 3.63) is 27.1 Å². The Balaban J connectivity index is 2.09. The zero-order valence-corrected chi connectivity index (χ0v) is 16.4. The Bertz CT molecular complexity index is 835. The molecule has 6 heteroatoms. The van der Waals surface area contributed by atoms with E-state index >= 15 is 0 Å². The van der Waals surface area contributed by atoms with E-state index in [1.54, 1.807) is 11.2 Å². The summed E-state index contributed by atoms with van der Waals surface area (Å²) in [6.45, 7) is 9.38. The van der Waals surface area contributed by atoms with Gasteiger partial charge in [0.05, 0.1) is 16.6 Å². The summed E-state index contributed by atoms with van der Waals surface area (Å²) < 4.78 is 1.82. The smallest absolute Gasteiger partial charge is 0.264 e. The number of hydrogen-bond acceptors (Lipinski definition) is 4. The SMILES string of the molecule is CCN(CC)C(=O)c1sc2ncn(C3CCCCC3C)c(=O)c2c1C. The molecule has 2 aromatic rings. The summed E-state index contributed by atoms with van der Waals surface area (Å²) in [5.74, 6) is 0.490. The second kappa shape index (κ2) is 7.28. The van der Waals surface area contributed by atoms with Crippen LogP contribution in [0.4, 0.5) is 0 Å². The fourth-order valence-electron chi connectivity index (χ4n) is 3.94. The van der Waals surface area contributed by atoms with Gasteiger partial charge >= 0.3 is 0 Å². The van der Waals surface area contributed by atoms with E-state index in [1.807, 2.05) is 25.3 Å². The fraction of sp³-hybridized carbons (Fsp3) is 0.632. The van der Waals surface area contributed by atoms with Crippen LogP contribution < -0.4 is 5.56 Å². The lowest BCUT2D eigenvalue weighted by Crippen LogP contribution is -2.31. The van der Waals surface area contributed by atoms with E-state index in [9.17, 15) is 9.59 Å². The van der Waals surface area contributed by atoms with Crippen LogP contribution in [0.5, 0.6) is 0 Å². The molecule has 0 aliphatic heterocycles. The highest BCUT2D eigenvalue weighted by molar-refractivity contribution is 7.20. The topological polar surface area (TPSA) is 55.2 Å². The molecule has 0 radical (unpaired) electrons. The molecule has 3 rings (SSSR count). The number of nitrogens with zero attached hydrogens (tertiary/aromatic N) is 3. The van der Waals surface area contributed by atoms with Gasteiger partial charge in [-0.3, -0.25) is 14.2 Å². The molecule has 2 unspecified atom stereocenters. The van der Waals surface area contributed by atoms with Crippen molar-refractivity contribution >= 4 is 27.5 Å². The number of rotatable bonds is 4. The number of fused-ring (bicyclic) bond motifs is 1. The second-order valence-corrected chi connectivity index (χ2v) is 8.00. The maximum atomic E-state index is 13.1. The van der Waals surface area contributed by atoms with Crippen molar-refractivity contribution in [1.82, 2.24) is 14.5 Å². The molecule has 1 amide bonds. The van der Waals surface area contributed by atoms with Crippen LogP contribution in [0.15, 0.2) is 11.1 Å². The Labute approximate surface area is 152 Å². The molecular formula is C19H27N3O2S. The highest BCUT2D eigenvalue weighted by Gasteiger charge is 2.27. The number of aromatic nitrogens is 2. The molecule has 0 N–H and O–H groups in total. The van der Waals surface area contributed by atoms with Gasteiger partial charge in [-0.2, -0.15) is 0 Å². The van der Waals surface area contributed by atoms with Gasteiger partial charge in [-0.05, 0) is 45.1 Å². The van der Waals surface area contributed by atoms with Gasteiger partial charge < -0.3 is 4.90 Å². The van der Waals surface area contributed by atoms with Crippen molar-refractivity contribution in [3.8, 4) is 0 Å². The molecule has 1 saturated carbocycles. The standard InChI is InChI=1S/C19H27N3O2S/c1-5-21(6-2)19(24)16-13(4)15-17(25-16)20-11-22(18(15)23)14-10-8-7-9-12(14)3/h11-12,14H,5-10H2,1-4H3. The van der Waals surface area contributed by atoms with Gasteiger partial charge in [-0.25, -0.2) is 4.98 Å². The first-order valence-corrected chi connectivity index (χ1v) is 10.1. The Kier molecular flexibility index (Phi) is 5.27. The van der Waals surface area contributed by atoms with Crippen LogP contribution in [0.1, 0.15) is 67.7 Å². The highest BCUT2D eigenvalue weighted by Crippen LogP contribution is 2.34. The molecule has 2 aromatic heterocycles. The van der Waals surface area contributed by atoms with Crippen LogP contribution in [-0.2, 0) is 0 Å². The number of carbonyl (C=O) groups excluding carboxylic acids is 1. The van der Waals surface area contributed by atoms with Gasteiger partial charge in [-0.15, -0.1) is 11.3 Å². The first-order chi connectivity index (χ1) is 12.0. The van der Waals surface area contributed by atoms with Crippen molar-refractivity contribution in [2.24, 2.45) is 5.92 Å². The van der Waals surface area contributed by atoms with Crippen LogP contribution in [-0.4, -0.2) is 33.4 Å². The van der Waals surface area contributed by atoms with Crippen LogP contribution in [0.2, 0.25) is 0 Å². The molecule has 0 saturated heterocycles. The van der Waals surface area contributed by atoms with Crippen LogP contribution in [0, 0.1) is 12.8 Å². The van der Waals surface area contributed by atoms with E-state index in [1.165, 1.54) is 17.8 Å². The monoisotopic (exact) mass is 361 g/mol. The lowest BCUT2D eigenvalue weighted by Gasteiger charge is -2.30. The van der Waals surface area contributed by atoms with Crippen molar-refractivity contribution in [2.75, 3.05) is 13.1 Å². The van der Waals surface area contributed by atoms with E-state index in [-0.39, 0.29) is 17.5 Å². The molecule has 0 aromatic carbocycles. The van der Waals surface area contributed by atoms with Crippen LogP contribution in [0.25, 0.3) is 10.2 Å². The first kappa shape index (κ1) is 18.1. The number of carbonyl (C=O) groups is 1. The largest absolute Gasteiger partial charge is 0.338 e. The molecule has 25 heavy (non-hydrogen) atoms. The molecule has 1 aliphatic rings. The average molecular weight is 362 g/mol. The van der Waals surface area contributed by atoms with E-state index in [0.717, 1.165) is 24.8 Å². The van der Waals surface area contributed by atoms with Crippen molar-refractivity contribution in [3.63, 3.8) is 0 Å². The lowest BCUT2D eigenvalue weighted by atomic mass is 9.86. The minimum Gasteiger partial charge on any atom is -0.338 e. The Morgan fingerprint density at radius 1 is 1.32 bits per heavy atom. The molecule has 1 fully saturated rings. The highest BCUT2D eigenvalue weighted by atomic mass is 32.1. The van der Waals surface area contributed by atoms with E-state index in [2.05, 4.69) is 11.9 Å². The molecule has 0 spiro atoms. The minimum atomic E-state index is 0.00230. The molecular weight excluding hydrogens is 334 g/mol. The Morgan fingerprint density at radius 2 is 2.00 bits per heavy atom. The molecule has 2 heterocycles. The molecule has 0 bridgehead atoms. The van der Waals surface area contributed by atoms with Gasteiger partial charge in [0.15, 0.2) is 0 Å². The Morgan fingerprint density at radius 3 is 2.64 bits per heavy atom. The normalized spacial score (nSPS) is 20.8. The predicted molar refractivity (Wildman–Crippen MR) is 103 cm³/mol. The van der Waals surface area contributed by atoms with E-state index in [4.69, 9.17) is 0 Å². The zero-order chi connectivity index (χ0) is 18.1. The summed E-state index contributed by atoms with van der Waals surface area (Å²) in [7, 11) is 0. The summed E-state index contributed by atoms with van der Waals surface area (Å²) in [4.78, 5) is 33.5. The maximum Gasteiger partial charge on any atom is 0.264 e. The zero-order valence-electron chi connectivity index (χ0n) is 15.5. The summed E-state index contributed by atoms with van der Waals surface area (Å²) in [6, 6.07) is 0.222. The third-order valence-electron chi connectivity index (χ3n) is 5.54. The van der Waals surface area contributed by atoms with Crippen LogP contribution >= 0.6 is 11.3 Å². The molecule has 2 atom stereocenters. The quantitative estimate of drug-likeness (QED) is 0.827. The third-order valence-corrected chi connectivity index (χ3v) is 6.73. The minimum absolute atomic E-state index is 0.00230. The van der Waals surface area contributed by atoms with Gasteiger partial charge in [0, 0.05) is 19.1 Å². The van der Waals surface area contributed by atoms with E-state index in [0.29, 0.717) is 34.1 Å². The average Bonchev–Trinajstić information content (AvgIpc) is 2.95. The second-order valence-electron chi connectivity index (χ2n) is 7.00. The van der Waals surface area contributed by atoms with Crippen molar-refractivity contribution in [2.45, 2.75) is 59.4 Å². The van der Waals surface area contributed by atoms with E-state index < -0.39 is 0 Å².